The number of aromatic nitrogens is 4. The molecule has 0 unspecified atom stereocenters. The summed E-state index contributed by atoms with van der Waals surface area (Å²) in [4.78, 5) is 12.5. The summed E-state index contributed by atoms with van der Waals surface area (Å²) in [5.41, 5.74) is 4.28. The number of nitrogens with two attached hydrogens (primary N) is 1. The van der Waals surface area contributed by atoms with Gasteiger partial charge in [-0.1, -0.05) is 42.4 Å². The molecule has 0 radical (unpaired) electrons. The highest BCUT2D eigenvalue weighted by Gasteiger charge is 2.61. The number of alkyl halides is 1. The Hall–Kier alpha value is -1.15. The van der Waals surface area contributed by atoms with E-state index in [2.05, 4.69) is 35.7 Å². The van der Waals surface area contributed by atoms with E-state index in [-0.39, 0.29) is 35.4 Å². The van der Waals surface area contributed by atoms with Gasteiger partial charge in [-0.05, 0) is 13.8 Å². The van der Waals surface area contributed by atoms with Crippen LogP contribution >= 0.6 is 29.4 Å². The number of hydrogen-bond acceptors (Lipinski definition) is 12. The Bertz CT molecular complexity index is 1080. The third kappa shape index (κ3) is 5.32. The van der Waals surface area contributed by atoms with Crippen molar-refractivity contribution in [3.8, 4) is 5.88 Å². The average Bonchev–Trinajstić information content (AvgIpc) is 3.25. The van der Waals surface area contributed by atoms with Crippen molar-refractivity contribution in [3.63, 3.8) is 0 Å². The first-order chi connectivity index (χ1) is 15.9. The summed E-state index contributed by atoms with van der Waals surface area (Å²) in [5, 5.41) is 0. The number of hydrogen-bond donors (Lipinski definition) is 1. The molecule has 2 N–H and O–H groups in total. The van der Waals surface area contributed by atoms with Crippen LogP contribution in [-0.4, -0.2) is 67.7 Å². The van der Waals surface area contributed by atoms with E-state index in [1.165, 1.54) is 17.8 Å². The molecule has 15 heteroatoms. The Morgan fingerprint density at radius 2 is 2.18 bits per heavy atom. The molecule has 2 aromatic rings. The third-order valence-corrected chi connectivity index (χ3v) is 9.74. The predicted molar refractivity (Wildman–Crippen MR) is 129 cm³/mol. The van der Waals surface area contributed by atoms with Crippen molar-refractivity contribution in [1.82, 2.24) is 19.5 Å². The second kappa shape index (κ2) is 9.72. The van der Waals surface area contributed by atoms with E-state index in [0.717, 1.165) is 0 Å². The minimum absolute atomic E-state index is 0.0475. The van der Waals surface area contributed by atoms with Crippen LogP contribution in [0.5, 0.6) is 5.88 Å². The SMILES string of the molecule is CCOc1nc(N)nc2c1ncn2[C@@H]1O[C@@H]2CO[P@@](=O)(OCCSSC(C)(C)C)O[C@H]2[C@@]1(C)F. The van der Waals surface area contributed by atoms with Gasteiger partial charge in [-0.15, -0.1) is 0 Å². The molecule has 2 aromatic heterocycles. The normalized spacial score (nSPS) is 31.6. The molecule has 0 aromatic carbocycles. The molecule has 2 aliphatic rings. The molecular weight excluding hydrogens is 508 g/mol. The zero-order chi connectivity index (χ0) is 24.7. The molecule has 2 saturated heterocycles. The van der Waals surface area contributed by atoms with Crippen molar-refractivity contribution >= 4 is 46.5 Å². The maximum Gasteiger partial charge on any atom is 0.475 e. The molecule has 0 bridgehead atoms. The molecule has 4 rings (SSSR count). The molecular formula is C19H29FN5O6PS2. The molecule has 2 aliphatic heterocycles. The first-order valence-corrected chi connectivity index (χ1v) is 14.6. The lowest BCUT2D eigenvalue weighted by Gasteiger charge is -2.33. The van der Waals surface area contributed by atoms with Crippen molar-refractivity contribution in [2.75, 3.05) is 31.3 Å². The molecule has 4 heterocycles. The molecule has 11 nitrogen and oxygen atoms in total. The van der Waals surface area contributed by atoms with E-state index in [9.17, 15) is 4.57 Å². The van der Waals surface area contributed by atoms with Crippen molar-refractivity contribution in [2.45, 2.75) is 63.5 Å². The topological polar surface area (TPSA) is 133 Å². The van der Waals surface area contributed by atoms with Gasteiger partial charge in [0.05, 0.1) is 26.1 Å². The lowest BCUT2D eigenvalue weighted by atomic mass is 9.98. The van der Waals surface area contributed by atoms with Crippen LogP contribution in [0.3, 0.4) is 0 Å². The molecule has 34 heavy (non-hydrogen) atoms. The van der Waals surface area contributed by atoms with Crippen LogP contribution < -0.4 is 10.5 Å². The number of anilines is 1. The van der Waals surface area contributed by atoms with Crippen LogP contribution in [-0.2, 0) is 22.9 Å². The molecule has 0 spiro atoms. The summed E-state index contributed by atoms with van der Waals surface area (Å²) in [6.45, 7) is 9.74. The Kier molecular flexibility index (Phi) is 7.41. The summed E-state index contributed by atoms with van der Waals surface area (Å²) in [6.07, 6.45) is -1.80. The Morgan fingerprint density at radius 3 is 2.88 bits per heavy atom. The summed E-state index contributed by atoms with van der Waals surface area (Å²) in [6, 6.07) is 0. The monoisotopic (exact) mass is 537 g/mol. The Morgan fingerprint density at radius 1 is 1.41 bits per heavy atom. The van der Waals surface area contributed by atoms with Crippen molar-refractivity contribution in [2.24, 2.45) is 0 Å². The Balaban J connectivity index is 1.49. The number of fused-ring (bicyclic) bond motifs is 2. The van der Waals surface area contributed by atoms with Crippen LogP contribution in [0.25, 0.3) is 11.2 Å². The molecule has 0 amide bonds. The van der Waals surface area contributed by atoms with Crippen molar-refractivity contribution in [3.05, 3.63) is 6.33 Å². The number of halogens is 1. The van der Waals surface area contributed by atoms with Gasteiger partial charge < -0.3 is 15.2 Å². The van der Waals surface area contributed by atoms with E-state index >= 15 is 4.39 Å². The number of ether oxygens (including phenoxy) is 2. The average molecular weight is 538 g/mol. The summed E-state index contributed by atoms with van der Waals surface area (Å²) in [7, 11) is -0.676. The smallest absolute Gasteiger partial charge is 0.475 e. The highest BCUT2D eigenvalue weighted by Crippen LogP contribution is 2.59. The maximum absolute atomic E-state index is 16.1. The molecule has 0 aliphatic carbocycles. The van der Waals surface area contributed by atoms with Crippen LogP contribution in [0.15, 0.2) is 6.33 Å². The second-order valence-corrected chi connectivity index (χ2v) is 13.8. The zero-order valence-electron chi connectivity index (χ0n) is 19.6. The summed E-state index contributed by atoms with van der Waals surface area (Å²) < 4.78 is 58.4. The zero-order valence-corrected chi connectivity index (χ0v) is 22.1. The fourth-order valence-electron chi connectivity index (χ4n) is 3.63. The van der Waals surface area contributed by atoms with Gasteiger partial charge >= 0.3 is 7.82 Å². The number of nitrogen functional groups attached to an aromatic ring is 1. The number of imidazole rings is 1. The van der Waals surface area contributed by atoms with Gasteiger partial charge in [0, 0.05) is 10.5 Å². The van der Waals surface area contributed by atoms with Gasteiger partial charge in [-0.2, -0.15) is 9.97 Å². The lowest BCUT2D eigenvalue weighted by molar-refractivity contribution is -0.0701. The Labute approximate surface area is 205 Å². The maximum atomic E-state index is 16.1. The largest absolute Gasteiger partial charge is 0.476 e. The van der Waals surface area contributed by atoms with Crippen LogP contribution in [0, 0.1) is 0 Å². The van der Waals surface area contributed by atoms with Gasteiger partial charge in [0.2, 0.25) is 11.8 Å². The molecule has 2 fully saturated rings. The van der Waals surface area contributed by atoms with Crippen molar-refractivity contribution in [1.29, 1.82) is 0 Å². The van der Waals surface area contributed by atoms with E-state index in [0.29, 0.717) is 17.9 Å². The molecule has 190 valence electrons. The van der Waals surface area contributed by atoms with Gasteiger partial charge in [0.1, 0.15) is 12.2 Å². The summed E-state index contributed by atoms with van der Waals surface area (Å²) in [5.74, 6) is 0.719. The number of rotatable bonds is 8. The predicted octanol–water partition coefficient (Wildman–Crippen LogP) is 4.15. The minimum Gasteiger partial charge on any atom is -0.476 e. The van der Waals surface area contributed by atoms with Crippen LogP contribution in [0.4, 0.5) is 10.3 Å². The van der Waals surface area contributed by atoms with Gasteiger partial charge in [0.15, 0.2) is 23.1 Å². The molecule has 0 saturated carbocycles. The lowest BCUT2D eigenvalue weighted by Crippen LogP contribution is -2.44. The minimum atomic E-state index is -3.95. The van der Waals surface area contributed by atoms with E-state index in [1.807, 2.05) is 0 Å². The van der Waals surface area contributed by atoms with E-state index in [1.54, 1.807) is 28.5 Å². The fraction of sp³-hybridized carbons (Fsp3) is 0.737. The van der Waals surface area contributed by atoms with Gasteiger partial charge in [-0.25, -0.2) is 13.9 Å². The number of nitrogens with zero attached hydrogens (tertiary/aromatic N) is 4. The van der Waals surface area contributed by atoms with Crippen molar-refractivity contribution < 1.29 is 32.0 Å². The van der Waals surface area contributed by atoms with Gasteiger partial charge in [0.25, 0.3) is 0 Å². The molecule has 5 atom stereocenters. The fourth-order valence-corrected chi connectivity index (χ4v) is 7.32. The highest BCUT2D eigenvalue weighted by atomic mass is 33.1. The number of phosphoric acid groups is 1. The number of phosphoric ester groups is 1. The standard InChI is InChI=1S/C19H29FN5O6PS2/c1-6-27-15-12-14(23-17(21)24-15)25(10-22-12)16-19(5,20)13-11(30-16)9-29-32(26,31-13)28-7-8-33-34-18(2,3)4/h10-11,13,16H,6-9H2,1-5H3,(H2,21,23,24)/t11-,13-,16-,19-,32-/m1/s1. The summed E-state index contributed by atoms with van der Waals surface area (Å²) >= 11 is 0. The van der Waals surface area contributed by atoms with E-state index < -0.39 is 31.9 Å². The van der Waals surface area contributed by atoms with Gasteiger partial charge in [-0.3, -0.25) is 18.1 Å². The van der Waals surface area contributed by atoms with Crippen LogP contribution in [0.2, 0.25) is 0 Å². The quantitative estimate of drug-likeness (QED) is 0.295. The first kappa shape index (κ1) is 25.9. The third-order valence-electron chi connectivity index (χ3n) is 4.99. The van der Waals surface area contributed by atoms with Crippen LogP contribution in [0.1, 0.15) is 40.8 Å². The highest BCUT2D eigenvalue weighted by molar-refractivity contribution is 8.77. The first-order valence-electron chi connectivity index (χ1n) is 10.8. The van der Waals surface area contributed by atoms with E-state index in [4.69, 9.17) is 28.8 Å². The second-order valence-electron chi connectivity index (χ2n) is 8.94.